The van der Waals surface area contributed by atoms with E-state index in [4.69, 9.17) is 16.3 Å². The summed E-state index contributed by atoms with van der Waals surface area (Å²) in [5.41, 5.74) is 0.463. The zero-order valence-corrected chi connectivity index (χ0v) is 15.0. The van der Waals surface area contributed by atoms with Crippen LogP contribution < -0.4 is 15.4 Å². The van der Waals surface area contributed by atoms with E-state index in [-0.39, 0.29) is 30.3 Å². The summed E-state index contributed by atoms with van der Waals surface area (Å²) in [5, 5.41) is 16.3. The van der Waals surface area contributed by atoms with Gasteiger partial charge >= 0.3 is 0 Å². The van der Waals surface area contributed by atoms with Crippen molar-refractivity contribution in [2.75, 3.05) is 19.6 Å². The van der Waals surface area contributed by atoms with Crippen LogP contribution in [0.1, 0.15) is 36.0 Å². The number of aliphatic hydroxyl groups is 1. The Balaban J connectivity index is 0.00000208. The first kappa shape index (κ1) is 19.3. The molecule has 1 heterocycles. The molecule has 2 fully saturated rings. The number of hydrogen-bond acceptors (Lipinski definition) is 4. The van der Waals surface area contributed by atoms with Crippen LogP contribution >= 0.6 is 24.0 Å². The maximum absolute atomic E-state index is 12.5. The first-order chi connectivity index (χ1) is 11.1. The van der Waals surface area contributed by atoms with Crippen LogP contribution in [0, 0.1) is 5.92 Å². The Labute approximate surface area is 153 Å². The molecule has 3 N–H and O–H groups in total. The van der Waals surface area contributed by atoms with Gasteiger partial charge in [-0.05, 0) is 43.9 Å². The van der Waals surface area contributed by atoms with Crippen LogP contribution in [0.3, 0.4) is 0 Å². The number of aliphatic hydroxyl groups excluding tert-OH is 1. The Morgan fingerprint density at radius 1 is 1.33 bits per heavy atom. The van der Waals surface area contributed by atoms with Gasteiger partial charge in [-0.3, -0.25) is 4.79 Å². The van der Waals surface area contributed by atoms with Gasteiger partial charge in [0.05, 0.1) is 17.8 Å². The van der Waals surface area contributed by atoms with E-state index in [1.54, 1.807) is 18.2 Å². The third-order valence-corrected chi connectivity index (χ3v) is 4.85. The van der Waals surface area contributed by atoms with Crippen molar-refractivity contribution in [3.63, 3.8) is 0 Å². The highest BCUT2D eigenvalue weighted by Crippen LogP contribution is 2.28. The molecule has 24 heavy (non-hydrogen) atoms. The van der Waals surface area contributed by atoms with Crippen LogP contribution in [0.15, 0.2) is 18.2 Å². The summed E-state index contributed by atoms with van der Waals surface area (Å²) in [7, 11) is 0. The van der Waals surface area contributed by atoms with Crippen molar-refractivity contribution in [1.82, 2.24) is 10.6 Å². The van der Waals surface area contributed by atoms with Crippen molar-refractivity contribution in [1.29, 1.82) is 0 Å². The van der Waals surface area contributed by atoms with Crippen molar-refractivity contribution in [2.24, 2.45) is 5.92 Å². The number of benzene rings is 1. The lowest BCUT2D eigenvalue weighted by Crippen LogP contribution is -2.34. The third-order valence-electron chi connectivity index (χ3n) is 4.61. The molecule has 2 atom stereocenters. The topological polar surface area (TPSA) is 70.6 Å². The average molecular weight is 375 g/mol. The van der Waals surface area contributed by atoms with E-state index in [0.29, 0.717) is 36.0 Å². The molecular formula is C17H24Cl2N2O3. The molecule has 3 rings (SSSR count). The molecular weight excluding hydrogens is 351 g/mol. The van der Waals surface area contributed by atoms with E-state index in [9.17, 15) is 9.90 Å². The molecule has 134 valence electrons. The highest BCUT2D eigenvalue weighted by Gasteiger charge is 2.26. The molecule has 2 unspecified atom stereocenters. The Morgan fingerprint density at radius 2 is 2.08 bits per heavy atom. The lowest BCUT2D eigenvalue weighted by molar-refractivity contribution is 0.0920. The molecule has 0 spiro atoms. The molecule has 1 saturated carbocycles. The quantitative estimate of drug-likeness (QED) is 0.739. The van der Waals surface area contributed by atoms with Gasteiger partial charge in [0.25, 0.3) is 5.91 Å². The zero-order valence-electron chi connectivity index (χ0n) is 13.5. The molecule has 0 bridgehead atoms. The number of ether oxygens (including phenoxy) is 1. The monoisotopic (exact) mass is 374 g/mol. The molecule has 1 amide bonds. The van der Waals surface area contributed by atoms with Gasteiger partial charge in [-0.15, -0.1) is 12.4 Å². The SMILES string of the molecule is Cl.O=C(NCC1CNCC1O)c1cc(Cl)ccc1OC1CCCC1. The number of halogens is 2. The van der Waals surface area contributed by atoms with Crippen LogP contribution in [0.25, 0.3) is 0 Å². The lowest BCUT2D eigenvalue weighted by Gasteiger charge is -2.18. The minimum atomic E-state index is -0.413. The molecule has 0 aromatic heterocycles. The third kappa shape index (κ3) is 4.76. The lowest BCUT2D eigenvalue weighted by atomic mass is 10.1. The van der Waals surface area contributed by atoms with E-state index in [1.165, 1.54) is 12.8 Å². The largest absolute Gasteiger partial charge is 0.490 e. The maximum Gasteiger partial charge on any atom is 0.255 e. The van der Waals surface area contributed by atoms with Crippen molar-refractivity contribution >= 4 is 29.9 Å². The molecule has 1 aliphatic heterocycles. The van der Waals surface area contributed by atoms with Gasteiger partial charge in [0.2, 0.25) is 0 Å². The molecule has 2 aliphatic rings. The van der Waals surface area contributed by atoms with E-state index in [0.717, 1.165) is 12.8 Å². The predicted molar refractivity (Wildman–Crippen MR) is 96.3 cm³/mol. The highest BCUT2D eigenvalue weighted by atomic mass is 35.5. The Kier molecular flexibility index (Phi) is 7.16. The fourth-order valence-corrected chi connectivity index (χ4v) is 3.39. The van der Waals surface area contributed by atoms with E-state index < -0.39 is 6.10 Å². The fraction of sp³-hybridized carbons (Fsp3) is 0.588. The van der Waals surface area contributed by atoms with Crippen LogP contribution in [0.2, 0.25) is 5.02 Å². The molecule has 1 aromatic rings. The van der Waals surface area contributed by atoms with Crippen LogP contribution in [-0.4, -0.2) is 42.9 Å². The summed E-state index contributed by atoms with van der Waals surface area (Å²) in [6.07, 6.45) is 4.18. The summed E-state index contributed by atoms with van der Waals surface area (Å²) in [5.74, 6) is 0.417. The summed E-state index contributed by atoms with van der Waals surface area (Å²) in [4.78, 5) is 12.5. The van der Waals surface area contributed by atoms with Gasteiger partial charge in [-0.25, -0.2) is 0 Å². The number of amides is 1. The Morgan fingerprint density at radius 3 is 2.75 bits per heavy atom. The maximum atomic E-state index is 12.5. The Hall–Kier alpha value is -1.01. The molecule has 1 aromatic carbocycles. The van der Waals surface area contributed by atoms with Gasteiger partial charge in [0.1, 0.15) is 5.75 Å². The molecule has 5 nitrogen and oxygen atoms in total. The van der Waals surface area contributed by atoms with E-state index in [1.807, 2.05) is 0 Å². The summed E-state index contributed by atoms with van der Waals surface area (Å²) in [6, 6.07) is 5.15. The number of β-amino-alcohol motifs (C(OH)–C–C–N with tert-alkyl or cyclic N) is 1. The van der Waals surface area contributed by atoms with Gasteiger partial charge < -0.3 is 20.5 Å². The predicted octanol–water partition coefficient (Wildman–Crippen LogP) is 2.39. The number of nitrogens with one attached hydrogen (secondary N) is 2. The van der Waals surface area contributed by atoms with Crippen molar-refractivity contribution < 1.29 is 14.6 Å². The minimum Gasteiger partial charge on any atom is -0.490 e. The van der Waals surface area contributed by atoms with Gasteiger partial charge in [-0.2, -0.15) is 0 Å². The Bertz CT molecular complexity index is 565. The number of carbonyl (C=O) groups excluding carboxylic acids is 1. The summed E-state index contributed by atoms with van der Waals surface area (Å²) in [6.45, 7) is 1.72. The zero-order chi connectivity index (χ0) is 16.2. The highest BCUT2D eigenvalue weighted by molar-refractivity contribution is 6.31. The number of hydrogen-bond donors (Lipinski definition) is 3. The molecule has 0 radical (unpaired) electrons. The van der Waals surface area contributed by atoms with Crippen LogP contribution in [0.4, 0.5) is 0 Å². The smallest absolute Gasteiger partial charge is 0.255 e. The normalized spacial score (nSPS) is 23.8. The van der Waals surface area contributed by atoms with Gasteiger partial charge in [0.15, 0.2) is 0 Å². The van der Waals surface area contributed by atoms with Crippen LogP contribution in [0.5, 0.6) is 5.75 Å². The van der Waals surface area contributed by atoms with Gasteiger partial charge in [0, 0.05) is 30.6 Å². The summed E-state index contributed by atoms with van der Waals surface area (Å²) < 4.78 is 5.99. The number of carbonyl (C=O) groups is 1. The second kappa shape index (κ2) is 8.90. The first-order valence-electron chi connectivity index (χ1n) is 8.26. The van der Waals surface area contributed by atoms with Crippen molar-refractivity contribution in [3.05, 3.63) is 28.8 Å². The first-order valence-corrected chi connectivity index (χ1v) is 8.64. The molecule has 1 saturated heterocycles. The second-order valence-corrected chi connectivity index (χ2v) is 6.80. The van der Waals surface area contributed by atoms with E-state index >= 15 is 0 Å². The number of rotatable bonds is 5. The fourth-order valence-electron chi connectivity index (χ4n) is 3.21. The van der Waals surface area contributed by atoms with Crippen molar-refractivity contribution in [2.45, 2.75) is 37.9 Å². The average Bonchev–Trinajstić information content (AvgIpc) is 3.18. The van der Waals surface area contributed by atoms with E-state index in [2.05, 4.69) is 10.6 Å². The standard InChI is InChI=1S/C17H23ClN2O3.ClH/c18-12-5-6-16(23-13-3-1-2-4-13)14(7-12)17(22)20-9-11-8-19-10-15(11)21;/h5-7,11,13,15,19,21H,1-4,8-10H2,(H,20,22);1H. The minimum absolute atomic E-state index is 0. The van der Waals surface area contributed by atoms with Crippen molar-refractivity contribution in [3.8, 4) is 5.75 Å². The molecule has 1 aliphatic carbocycles. The second-order valence-electron chi connectivity index (χ2n) is 6.36. The van der Waals surface area contributed by atoms with Gasteiger partial charge in [-0.1, -0.05) is 11.6 Å². The van der Waals surface area contributed by atoms with Crippen LogP contribution in [-0.2, 0) is 0 Å². The molecule has 7 heteroatoms. The summed E-state index contributed by atoms with van der Waals surface area (Å²) >= 11 is 6.04.